The molecule has 7 nitrogen and oxygen atoms in total. The Balaban J connectivity index is 1.80. The highest BCUT2D eigenvalue weighted by Gasteiger charge is 2.05. The molecule has 0 radical (unpaired) electrons. The second kappa shape index (κ2) is 7.69. The lowest BCUT2D eigenvalue weighted by molar-refractivity contribution is 0.0954. The molecule has 0 aliphatic heterocycles. The van der Waals surface area contributed by atoms with Crippen LogP contribution in [0.25, 0.3) is 0 Å². The van der Waals surface area contributed by atoms with E-state index in [1.165, 1.54) is 6.20 Å². The number of nitrogens with one attached hydrogen (secondary N) is 2. The fraction of sp³-hybridized carbons (Fsp3) is 0.286. The third kappa shape index (κ3) is 4.66. The first-order valence-electron chi connectivity index (χ1n) is 6.69. The maximum Gasteiger partial charge on any atom is 0.252 e. The van der Waals surface area contributed by atoms with Crippen LogP contribution in [0.1, 0.15) is 10.4 Å². The Morgan fingerprint density at radius 2 is 2.05 bits per heavy atom. The van der Waals surface area contributed by atoms with Crippen LogP contribution in [-0.4, -0.2) is 48.3 Å². The number of halogens is 1. The Labute approximate surface area is 137 Å². The van der Waals surface area contributed by atoms with Crippen LogP contribution in [-0.2, 0) is 0 Å². The minimum absolute atomic E-state index is 0.163. The number of hydrogen-bond donors (Lipinski definition) is 2. The molecule has 0 spiro atoms. The molecule has 2 aromatic heterocycles. The summed E-state index contributed by atoms with van der Waals surface area (Å²) in [7, 11) is 3.88. The number of pyridine rings is 1. The lowest BCUT2D eigenvalue weighted by Crippen LogP contribution is -2.29. The van der Waals surface area contributed by atoms with Crippen molar-refractivity contribution in [3.05, 3.63) is 40.8 Å². The maximum absolute atomic E-state index is 11.9. The van der Waals surface area contributed by atoms with E-state index >= 15 is 0 Å². The van der Waals surface area contributed by atoms with Gasteiger partial charge in [0.25, 0.3) is 5.91 Å². The molecule has 2 N–H and O–H groups in total. The second-order valence-corrected chi connectivity index (χ2v) is 5.68. The van der Waals surface area contributed by atoms with Crippen LogP contribution < -0.4 is 15.5 Å². The first-order valence-corrected chi connectivity index (χ1v) is 7.48. The summed E-state index contributed by atoms with van der Waals surface area (Å²) < 4.78 is 0.772. The Morgan fingerprint density at radius 3 is 2.77 bits per heavy atom. The first-order chi connectivity index (χ1) is 10.6. The average Bonchev–Trinajstić information content (AvgIpc) is 2.51. The lowest BCUT2D eigenvalue weighted by Gasteiger charge is -2.13. The molecule has 0 aliphatic carbocycles. The van der Waals surface area contributed by atoms with E-state index in [-0.39, 0.29) is 5.91 Å². The molecule has 2 aromatic rings. The number of nitrogens with zero attached hydrogens (tertiary/aromatic N) is 4. The number of hydrogen-bond acceptors (Lipinski definition) is 6. The molecule has 8 heteroatoms. The van der Waals surface area contributed by atoms with E-state index in [1.54, 1.807) is 18.5 Å². The molecular weight excluding hydrogens is 348 g/mol. The monoisotopic (exact) mass is 364 g/mol. The van der Waals surface area contributed by atoms with E-state index < -0.39 is 0 Å². The summed E-state index contributed by atoms with van der Waals surface area (Å²) >= 11 is 3.29. The lowest BCUT2D eigenvalue weighted by atomic mass is 10.3. The first kappa shape index (κ1) is 16.2. The number of anilines is 2. The third-order valence-electron chi connectivity index (χ3n) is 2.84. The van der Waals surface area contributed by atoms with Crippen molar-refractivity contribution in [2.75, 3.05) is 37.4 Å². The van der Waals surface area contributed by atoms with Crippen molar-refractivity contribution in [2.45, 2.75) is 0 Å². The van der Waals surface area contributed by atoms with Crippen molar-refractivity contribution in [3.63, 3.8) is 0 Å². The predicted octanol–water partition coefficient (Wildman–Crippen LogP) is 1.54. The summed E-state index contributed by atoms with van der Waals surface area (Å²) in [5, 5.41) is 13.8. The number of carbonyl (C=O) groups excluding carboxylic acids is 1. The summed E-state index contributed by atoms with van der Waals surface area (Å²) in [6.07, 6.45) is 4.85. The van der Waals surface area contributed by atoms with Crippen molar-refractivity contribution in [1.29, 1.82) is 0 Å². The molecule has 0 aliphatic rings. The standard InChI is InChI=1S/C14H17BrN6O/c1-21(2)12-6-13(20-19-9-12)17-3-4-18-14(22)10-5-11(15)8-16-7-10/h5-9H,3-4H2,1-2H3,(H,17,20)(H,18,22). The van der Waals surface area contributed by atoms with Crippen molar-refractivity contribution < 1.29 is 4.79 Å². The van der Waals surface area contributed by atoms with Gasteiger partial charge >= 0.3 is 0 Å². The van der Waals surface area contributed by atoms with Gasteiger partial charge in [0.1, 0.15) is 0 Å². The topological polar surface area (TPSA) is 83.0 Å². The largest absolute Gasteiger partial charge is 0.376 e. The molecule has 0 fully saturated rings. The average molecular weight is 365 g/mol. The Morgan fingerprint density at radius 1 is 1.23 bits per heavy atom. The van der Waals surface area contributed by atoms with Crippen LogP contribution in [0.4, 0.5) is 11.5 Å². The van der Waals surface area contributed by atoms with Crippen molar-refractivity contribution in [2.24, 2.45) is 0 Å². The van der Waals surface area contributed by atoms with Crippen LogP contribution in [0.2, 0.25) is 0 Å². The molecule has 0 saturated heterocycles. The molecule has 116 valence electrons. The van der Waals surface area contributed by atoms with Gasteiger partial charge in [0.2, 0.25) is 0 Å². The fourth-order valence-electron chi connectivity index (χ4n) is 1.69. The molecule has 22 heavy (non-hydrogen) atoms. The third-order valence-corrected chi connectivity index (χ3v) is 3.27. The van der Waals surface area contributed by atoms with Crippen LogP contribution in [0.5, 0.6) is 0 Å². The van der Waals surface area contributed by atoms with Gasteiger partial charge in [0, 0.05) is 50.1 Å². The predicted molar refractivity (Wildman–Crippen MR) is 89.1 cm³/mol. The normalized spacial score (nSPS) is 10.1. The van der Waals surface area contributed by atoms with E-state index in [1.807, 2.05) is 25.1 Å². The van der Waals surface area contributed by atoms with Gasteiger partial charge in [-0.3, -0.25) is 9.78 Å². The van der Waals surface area contributed by atoms with Gasteiger partial charge in [0.15, 0.2) is 5.82 Å². The highest BCUT2D eigenvalue weighted by molar-refractivity contribution is 9.10. The molecule has 0 bridgehead atoms. The molecular formula is C14H17BrN6O. The summed E-state index contributed by atoms with van der Waals surface area (Å²) in [5.74, 6) is 0.508. The summed E-state index contributed by atoms with van der Waals surface area (Å²) in [4.78, 5) is 17.8. The number of aromatic nitrogens is 3. The minimum Gasteiger partial charge on any atom is -0.376 e. The highest BCUT2D eigenvalue weighted by Crippen LogP contribution is 2.12. The molecule has 1 amide bonds. The smallest absolute Gasteiger partial charge is 0.252 e. The molecule has 0 atom stereocenters. The SMILES string of the molecule is CN(C)c1cnnc(NCCNC(=O)c2cncc(Br)c2)c1. The summed E-state index contributed by atoms with van der Waals surface area (Å²) in [5.41, 5.74) is 1.48. The van der Waals surface area contributed by atoms with Crippen LogP contribution in [0, 0.1) is 0 Å². The van der Waals surface area contributed by atoms with E-state index in [9.17, 15) is 4.79 Å². The molecule has 0 unspecified atom stereocenters. The van der Waals surface area contributed by atoms with Gasteiger partial charge in [-0.15, -0.1) is 5.10 Å². The van der Waals surface area contributed by atoms with E-state index in [0.29, 0.717) is 24.5 Å². The molecule has 2 heterocycles. The summed E-state index contributed by atoms with van der Waals surface area (Å²) in [6.45, 7) is 1.03. The Kier molecular flexibility index (Phi) is 5.65. The number of rotatable bonds is 6. The van der Waals surface area contributed by atoms with Crippen molar-refractivity contribution in [1.82, 2.24) is 20.5 Å². The van der Waals surface area contributed by atoms with Gasteiger partial charge in [-0.2, -0.15) is 5.10 Å². The van der Waals surface area contributed by atoms with Gasteiger partial charge in [0.05, 0.1) is 17.4 Å². The quantitative estimate of drug-likeness (QED) is 0.756. The Hall–Kier alpha value is -2.22. The zero-order valence-electron chi connectivity index (χ0n) is 12.4. The number of carbonyl (C=O) groups is 1. The van der Waals surface area contributed by atoms with Crippen LogP contribution in [0.15, 0.2) is 35.2 Å². The van der Waals surface area contributed by atoms with E-state index in [2.05, 4.69) is 41.7 Å². The van der Waals surface area contributed by atoms with Gasteiger partial charge in [-0.05, 0) is 22.0 Å². The van der Waals surface area contributed by atoms with E-state index in [4.69, 9.17) is 0 Å². The Bertz CT molecular complexity index is 649. The minimum atomic E-state index is -0.163. The zero-order valence-corrected chi connectivity index (χ0v) is 14.0. The number of amides is 1. The molecule has 0 saturated carbocycles. The maximum atomic E-state index is 11.9. The van der Waals surface area contributed by atoms with Gasteiger partial charge < -0.3 is 15.5 Å². The molecule has 0 aromatic carbocycles. The molecule has 2 rings (SSSR count). The summed E-state index contributed by atoms with van der Waals surface area (Å²) in [6, 6.07) is 3.62. The van der Waals surface area contributed by atoms with Gasteiger partial charge in [-0.25, -0.2) is 0 Å². The second-order valence-electron chi connectivity index (χ2n) is 4.77. The van der Waals surface area contributed by atoms with Crippen molar-refractivity contribution >= 4 is 33.3 Å². The van der Waals surface area contributed by atoms with Crippen LogP contribution in [0.3, 0.4) is 0 Å². The highest BCUT2D eigenvalue weighted by atomic mass is 79.9. The van der Waals surface area contributed by atoms with Gasteiger partial charge in [-0.1, -0.05) is 0 Å². The fourth-order valence-corrected chi connectivity index (χ4v) is 2.06. The van der Waals surface area contributed by atoms with E-state index in [0.717, 1.165) is 10.2 Å². The van der Waals surface area contributed by atoms with Crippen LogP contribution >= 0.6 is 15.9 Å². The van der Waals surface area contributed by atoms with Crippen molar-refractivity contribution in [3.8, 4) is 0 Å². The zero-order chi connectivity index (χ0) is 15.9.